The minimum Gasteiger partial charge on any atom is -0.399 e. The SMILES string of the molecule is CC1(C)OB(c2cnc(S(=O)(=O)C[C@H]3CCCN3C(=O)[C@@H](O)CO)nc2)OC1(C)C. The van der Waals surface area contributed by atoms with E-state index < -0.39 is 52.8 Å². The number of carbonyl (C=O) groups is 1. The van der Waals surface area contributed by atoms with Gasteiger partial charge in [-0.2, -0.15) is 0 Å². The maximum atomic E-state index is 12.8. The van der Waals surface area contributed by atoms with Crippen LogP contribution in [0, 0.1) is 0 Å². The summed E-state index contributed by atoms with van der Waals surface area (Å²) in [6, 6.07) is -0.602. The standard InChI is InChI=1S/C18H28BN3O7S/c1-17(2)18(3,4)29-19(28-17)12-8-20-16(21-9-12)30(26,27)11-13-6-5-7-22(13)15(25)14(24)10-23/h8-9,13-14,23-24H,5-7,10-11H2,1-4H3/t13-,14+/m1/s1. The molecule has 2 N–H and O–H groups in total. The molecule has 10 nitrogen and oxygen atoms in total. The number of carbonyl (C=O) groups excluding carboxylic acids is 1. The molecule has 1 amide bonds. The zero-order valence-electron chi connectivity index (χ0n) is 17.6. The number of hydrogen-bond acceptors (Lipinski definition) is 9. The van der Waals surface area contributed by atoms with E-state index in [0.29, 0.717) is 24.8 Å². The average Bonchev–Trinajstić information content (AvgIpc) is 3.21. The zero-order valence-corrected chi connectivity index (χ0v) is 18.4. The summed E-state index contributed by atoms with van der Waals surface area (Å²) in [5, 5.41) is 18.2. The Morgan fingerprint density at radius 3 is 2.37 bits per heavy atom. The third kappa shape index (κ3) is 4.38. The van der Waals surface area contributed by atoms with Gasteiger partial charge in [-0.1, -0.05) is 0 Å². The van der Waals surface area contributed by atoms with Gasteiger partial charge >= 0.3 is 7.12 Å². The third-order valence-corrected chi connectivity index (χ3v) is 7.57. The molecule has 12 heteroatoms. The quantitative estimate of drug-likeness (QED) is 0.416. The Bertz CT molecular complexity index is 876. The maximum absolute atomic E-state index is 12.8. The molecule has 2 aliphatic heterocycles. The van der Waals surface area contributed by atoms with Gasteiger partial charge in [0.15, 0.2) is 6.10 Å². The van der Waals surface area contributed by atoms with Crippen molar-refractivity contribution in [3.05, 3.63) is 12.4 Å². The first-order chi connectivity index (χ1) is 13.9. The molecule has 2 atom stereocenters. The Labute approximate surface area is 176 Å². The van der Waals surface area contributed by atoms with E-state index in [1.807, 2.05) is 27.7 Å². The molecule has 2 saturated heterocycles. The van der Waals surface area contributed by atoms with Crippen LogP contribution < -0.4 is 5.46 Å². The van der Waals surface area contributed by atoms with Crippen LogP contribution in [0.4, 0.5) is 0 Å². The van der Waals surface area contributed by atoms with Crippen LogP contribution in [0.2, 0.25) is 0 Å². The minimum absolute atomic E-state index is 0.331. The first-order valence-electron chi connectivity index (χ1n) is 9.88. The lowest BCUT2D eigenvalue weighted by Gasteiger charge is -2.32. The van der Waals surface area contributed by atoms with E-state index in [9.17, 15) is 18.3 Å². The van der Waals surface area contributed by atoms with Crippen LogP contribution in [0.1, 0.15) is 40.5 Å². The van der Waals surface area contributed by atoms with Crippen LogP contribution in [-0.2, 0) is 23.9 Å². The largest absolute Gasteiger partial charge is 0.498 e. The van der Waals surface area contributed by atoms with Gasteiger partial charge in [-0.15, -0.1) is 0 Å². The molecule has 0 saturated carbocycles. The van der Waals surface area contributed by atoms with Gasteiger partial charge in [0, 0.05) is 30.4 Å². The number of rotatable bonds is 6. The smallest absolute Gasteiger partial charge is 0.399 e. The van der Waals surface area contributed by atoms with Crippen molar-refractivity contribution < 1.29 is 32.7 Å². The molecule has 0 unspecified atom stereocenters. The molecule has 3 heterocycles. The fraction of sp³-hybridized carbons (Fsp3) is 0.722. The Kier molecular flexibility index (Phi) is 6.27. The van der Waals surface area contributed by atoms with E-state index in [4.69, 9.17) is 14.4 Å². The number of nitrogens with zero attached hydrogens (tertiary/aromatic N) is 3. The van der Waals surface area contributed by atoms with Crippen molar-refractivity contribution in [1.29, 1.82) is 0 Å². The Hall–Kier alpha value is -1.60. The molecule has 1 aromatic rings. The molecule has 0 radical (unpaired) electrons. The molecule has 0 bridgehead atoms. The summed E-state index contributed by atoms with van der Waals surface area (Å²) in [7, 11) is -4.57. The molecule has 0 spiro atoms. The number of aromatic nitrogens is 2. The number of hydrogen-bond donors (Lipinski definition) is 2. The van der Waals surface area contributed by atoms with Crippen molar-refractivity contribution in [3.8, 4) is 0 Å². The van der Waals surface area contributed by atoms with Gasteiger partial charge in [-0.05, 0) is 40.5 Å². The second kappa shape index (κ2) is 8.15. The minimum atomic E-state index is -3.87. The van der Waals surface area contributed by atoms with Crippen LogP contribution in [0.15, 0.2) is 17.6 Å². The normalized spacial score (nSPS) is 24.3. The van der Waals surface area contributed by atoms with Gasteiger partial charge in [0.2, 0.25) is 15.0 Å². The summed E-state index contributed by atoms with van der Waals surface area (Å²) in [5.41, 5.74) is -0.573. The van der Waals surface area contributed by atoms with Crippen molar-refractivity contribution in [2.24, 2.45) is 0 Å². The van der Waals surface area contributed by atoms with E-state index >= 15 is 0 Å². The molecule has 1 aromatic heterocycles. The van der Waals surface area contributed by atoms with E-state index in [-0.39, 0.29) is 10.9 Å². The van der Waals surface area contributed by atoms with Crippen LogP contribution in [0.3, 0.4) is 0 Å². The molecule has 2 aliphatic rings. The molecule has 0 aromatic carbocycles. The summed E-state index contributed by atoms with van der Waals surface area (Å²) in [5.74, 6) is -1.03. The van der Waals surface area contributed by atoms with Crippen LogP contribution >= 0.6 is 0 Å². The highest BCUT2D eigenvalue weighted by Gasteiger charge is 2.52. The lowest BCUT2D eigenvalue weighted by Crippen LogP contribution is -2.46. The van der Waals surface area contributed by atoms with Crippen molar-refractivity contribution in [1.82, 2.24) is 14.9 Å². The van der Waals surface area contributed by atoms with Crippen molar-refractivity contribution in [2.45, 2.75) is 69.0 Å². The van der Waals surface area contributed by atoms with E-state index in [0.717, 1.165) is 0 Å². The number of sulfone groups is 1. The fourth-order valence-corrected chi connectivity index (χ4v) is 4.91. The summed E-state index contributed by atoms with van der Waals surface area (Å²) < 4.78 is 37.4. The first kappa shape index (κ1) is 23.1. The van der Waals surface area contributed by atoms with Crippen molar-refractivity contribution >= 4 is 28.3 Å². The number of aliphatic hydroxyl groups excluding tert-OH is 2. The monoisotopic (exact) mass is 441 g/mol. The van der Waals surface area contributed by atoms with E-state index in [1.165, 1.54) is 17.3 Å². The van der Waals surface area contributed by atoms with Crippen molar-refractivity contribution in [2.75, 3.05) is 18.9 Å². The highest BCUT2D eigenvalue weighted by Crippen LogP contribution is 2.36. The third-order valence-electron chi connectivity index (χ3n) is 5.98. The second-order valence-electron chi connectivity index (χ2n) is 8.69. The fourth-order valence-electron chi connectivity index (χ4n) is 3.48. The van der Waals surface area contributed by atoms with Crippen LogP contribution in [0.25, 0.3) is 0 Å². The topological polar surface area (TPSA) is 139 Å². The lowest BCUT2D eigenvalue weighted by atomic mass is 9.81. The van der Waals surface area contributed by atoms with Gasteiger partial charge in [-0.25, -0.2) is 18.4 Å². The maximum Gasteiger partial charge on any atom is 0.498 e. The van der Waals surface area contributed by atoms with E-state index in [1.54, 1.807) is 0 Å². The number of likely N-dealkylation sites (tertiary alicyclic amines) is 1. The Morgan fingerprint density at radius 2 is 1.83 bits per heavy atom. The summed E-state index contributed by atoms with van der Waals surface area (Å²) in [6.07, 6.45) is 2.29. The summed E-state index contributed by atoms with van der Waals surface area (Å²) >= 11 is 0. The van der Waals surface area contributed by atoms with Gasteiger partial charge in [-0.3, -0.25) is 4.79 Å². The van der Waals surface area contributed by atoms with Gasteiger partial charge in [0.05, 0.1) is 23.6 Å². The predicted octanol–water partition coefficient (Wildman–Crippen LogP) is -1.11. The average molecular weight is 441 g/mol. The van der Waals surface area contributed by atoms with Crippen LogP contribution in [-0.4, -0.2) is 88.8 Å². The zero-order chi connectivity index (χ0) is 22.3. The number of amides is 1. The molecule has 30 heavy (non-hydrogen) atoms. The predicted molar refractivity (Wildman–Crippen MR) is 108 cm³/mol. The number of aliphatic hydroxyl groups is 2. The van der Waals surface area contributed by atoms with Gasteiger partial charge in [0.25, 0.3) is 5.91 Å². The van der Waals surface area contributed by atoms with Crippen molar-refractivity contribution in [3.63, 3.8) is 0 Å². The summed E-state index contributed by atoms with van der Waals surface area (Å²) in [6.45, 7) is 7.27. The molecule has 3 rings (SSSR count). The highest BCUT2D eigenvalue weighted by atomic mass is 32.2. The Balaban J connectivity index is 1.72. The highest BCUT2D eigenvalue weighted by molar-refractivity contribution is 7.91. The molecule has 0 aliphatic carbocycles. The molecular weight excluding hydrogens is 413 g/mol. The van der Waals surface area contributed by atoms with Gasteiger partial charge in [0.1, 0.15) is 0 Å². The summed E-state index contributed by atoms with van der Waals surface area (Å²) in [4.78, 5) is 21.5. The second-order valence-corrected chi connectivity index (χ2v) is 10.6. The van der Waals surface area contributed by atoms with E-state index in [2.05, 4.69) is 9.97 Å². The molecule has 2 fully saturated rings. The van der Waals surface area contributed by atoms with Crippen LogP contribution in [0.5, 0.6) is 0 Å². The molecular formula is C18H28BN3O7S. The Morgan fingerprint density at radius 1 is 1.27 bits per heavy atom. The lowest BCUT2D eigenvalue weighted by molar-refractivity contribution is -0.142. The van der Waals surface area contributed by atoms with Gasteiger partial charge < -0.3 is 24.4 Å². The molecule has 166 valence electrons. The first-order valence-corrected chi connectivity index (χ1v) is 11.5.